The van der Waals surface area contributed by atoms with E-state index in [1.54, 1.807) is 6.92 Å². The smallest absolute Gasteiger partial charge is 0.195 e. The van der Waals surface area contributed by atoms with Gasteiger partial charge in [0.15, 0.2) is 11.6 Å². The first-order valence-electron chi connectivity index (χ1n) is 14.2. The normalized spacial score (nSPS) is 61.6. The molecule has 13 atom stereocenters. The number of fused-ring (bicyclic) bond motifs is 7. The lowest BCUT2D eigenvalue weighted by Gasteiger charge is -2.60. The van der Waals surface area contributed by atoms with Gasteiger partial charge >= 0.3 is 0 Å². The molecule has 6 aliphatic rings. The predicted octanol–water partition coefficient (Wildman–Crippen LogP) is 4.04. The van der Waals surface area contributed by atoms with Crippen LogP contribution in [-0.2, 0) is 14.3 Å². The number of carbonyl (C=O) groups is 1. The van der Waals surface area contributed by atoms with Crippen molar-refractivity contribution in [1.29, 1.82) is 0 Å². The van der Waals surface area contributed by atoms with Crippen LogP contribution in [-0.4, -0.2) is 50.5 Å². The molecular formula is C29H46O6. The fraction of sp³-hybridized carbons (Fsp3) is 0.966. The fourth-order valence-electron chi connectivity index (χ4n) is 10.7. The average Bonchev–Trinajstić information content (AvgIpc) is 3.27. The largest absolute Gasteiger partial charge is 0.393 e. The van der Waals surface area contributed by atoms with Gasteiger partial charge in [-0.25, -0.2) is 0 Å². The number of aliphatic hydroxyl groups is 3. The summed E-state index contributed by atoms with van der Waals surface area (Å²) in [4.78, 5) is 13.7. The monoisotopic (exact) mass is 490 g/mol. The Balaban J connectivity index is 1.30. The standard InChI is InChI=1S/C29H46O6/c1-15(2)28(33)14-29(35-27(28,6)32)16(3)24-22(34-29)13-20-23-19(8-10-26(20,24)5)25(4)9-7-18(30)11-17(25)12-21(23)31/h15-20,22-24,30,32-33H,7-14H2,1-6H3. The second-order valence-corrected chi connectivity index (χ2v) is 14.4. The maximum absolute atomic E-state index is 13.7. The van der Waals surface area contributed by atoms with Crippen molar-refractivity contribution in [1.82, 2.24) is 0 Å². The van der Waals surface area contributed by atoms with Crippen molar-refractivity contribution >= 4 is 5.78 Å². The van der Waals surface area contributed by atoms with Crippen LogP contribution in [0.1, 0.15) is 92.9 Å². The molecule has 198 valence electrons. The van der Waals surface area contributed by atoms with Crippen molar-refractivity contribution in [2.75, 3.05) is 0 Å². The molecule has 6 rings (SSSR count). The van der Waals surface area contributed by atoms with Crippen LogP contribution in [0, 0.1) is 52.3 Å². The van der Waals surface area contributed by atoms with E-state index in [1.165, 1.54) is 0 Å². The molecule has 1 spiro atoms. The summed E-state index contributed by atoms with van der Waals surface area (Å²) in [5.41, 5.74) is -1.24. The first-order chi connectivity index (χ1) is 16.2. The maximum atomic E-state index is 13.7. The van der Waals surface area contributed by atoms with Crippen LogP contribution in [0.25, 0.3) is 0 Å². The van der Waals surface area contributed by atoms with Gasteiger partial charge in [0.1, 0.15) is 11.4 Å². The number of aliphatic hydroxyl groups excluding tert-OH is 1. The van der Waals surface area contributed by atoms with E-state index in [-0.39, 0.29) is 53.1 Å². The van der Waals surface area contributed by atoms with Crippen LogP contribution in [0.5, 0.6) is 0 Å². The Hall–Kier alpha value is -0.530. The Morgan fingerprint density at radius 2 is 1.69 bits per heavy atom. The molecule has 0 amide bonds. The van der Waals surface area contributed by atoms with Crippen LogP contribution in [0.3, 0.4) is 0 Å². The van der Waals surface area contributed by atoms with Gasteiger partial charge < -0.3 is 24.8 Å². The zero-order chi connectivity index (χ0) is 25.3. The van der Waals surface area contributed by atoms with Gasteiger partial charge in [0.2, 0.25) is 0 Å². The van der Waals surface area contributed by atoms with E-state index < -0.39 is 17.2 Å². The molecule has 0 bridgehead atoms. The SMILES string of the molecule is CC1C2C(CC3C4C(=O)CC5CC(O)CCC5(C)C4CCC32C)OC12CC(O)(C(C)C)C(C)(O)O2. The van der Waals surface area contributed by atoms with Crippen LogP contribution in [0.2, 0.25) is 0 Å². The molecule has 0 aromatic heterocycles. The highest BCUT2D eigenvalue weighted by Crippen LogP contribution is 2.72. The van der Waals surface area contributed by atoms with Gasteiger partial charge in [0.05, 0.1) is 12.2 Å². The number of ketones is 1. The van der Waals surface area contributed by atoms with E-state index in [2.05, 4.69) is 20.8 Å². The lowest BCUT2D eigenvalue weighted by atomic mass is 9.44. The molecule has 0 aromatic carbocycles. The van der Waals surface area contributed by atoms with E-state index in [1.807, 2.05) is 13.8 Å². The topological polar surface area (TPSA) is 96.2 Å². The van der Waals surface area contributed by atoms with Gasteiger partial charge in [0.25, 0.3) is 0 Å². The third kappa shape index (κ3) is 2.98. The summed E-state index contributed by atoms with van der Waals surface area (Å²) in [6.07, 6.45) is 6.26. The summed E-state index contributed by atoms with van der Waals surface area (Å²) >= 11 is 0. The fourth-order valence-corrected chi connectivity index (χ4v) is 10.7. The van der Waals surface area contributed by atoms with Crippen molar-refractivity contribution in [3.63, 3.8) is 0 Å². The first-order valence-corrected chi connectivity index (χ1v) is 14.2. The summed E-state index contributed by atoms with van der Waals surface area (Å²) in [6.45, 7) is 12.4. The Labute approximate surface area is 210 Å². The van der Waals surface area contributed by atoms with Crippen LogP contribution in [0.4, 0.5) is 0 Å². The lowest BCUT2D eigenvalue weighted by molar-refractivity contribution is -0.326. The number of carbonyl (C=O) groups excluding carboxylic acids is 1. The summed E-state index contributed by atoms with van der Waals surface area (Å²) in [5, 5.41) is 32.9. The molecule has 0 radical (unpaired) electrons. The van der Waals surface area contributed by atoms with Gasteiger partial charge in [-0.1, -0.05) is 34.6 Å². The predicted molar refractivity (Wildman–Crippen MR) is 130 cm³/mol. The molecule has 4 aliphatic carbocycles. The second-order valence-electron chi connectivity index (χ2n) is 14.4. The first kappa shape index (κ1) is 24.8. The van der Waals surface area contributed by atoms with Crippen LogP contribution < -0.4 is 0 Å². The Morgan fingerprint density at radius 3 is 2.34 bits per heavy atom. The molecule has 35 heavy (non-hydrogen) atoms. The third-order valence-corrected chi connectivity index (χ3v) is 12.8. The number of hydrogen-bond acceptors (Lipinski definition) is 6. The van der Waals surface area contributed by atoms with Crippen molar-refractivity contribution in [2.45, 2.75) is 122 Å². The molecule has 13 unspecified atom stereocenters. The number of rotatable bonds is 1. The minimum absolute atomic E-state index is 0.0180. The zero-order valence-corrected chi connectivity index (χ0v) is 22.4. The van der Waals surface area contributed by atoms with Crippen LogP contribution >= 0.6 is 0 Å². The molecule has 6 heteroatoms. The summed E-state index contributed by atoms with van der Waals surface area (Å²) in [5.74, 6) is -1.05. The average molecular weight is 491 g/mol. The maximum Gasteiger partial charge on any atom is 0.195 e. The van der Waals surface area contributed by atoms with E-state index in [0.717, 1.165) is 38.5 Å². The zero-order valence-electron chi connectivity index (χ0n) is 22.4. The Kier molecular flexibility index (Phi) is 5.18. The van der Waals surface area contributed by atoms with Gasteiger partial charge in [-0.3, -0.25) is 4.79 Å². The molecule has 2 aliphatic heterocycles. The number of Topliss-reactive ketones (excluding diaryl/α,β-unsaturated/α-hetero) is 1. The molecule has 4 saturated carbocycles. The van der Waals surface area contributed by atoms with Gasteiger partial charge in [0, 0.05) is 24.7 Å². The summed E-state index contributed by atoms with van der Waals surface area (Å²) in [6, 6.07) is 0. The van der Waals surface area contributed by atoms with Crippen molar-refractivity contribution < 1.29 is 29.6 Å². The molecule has 2 saturated heterocycles. The van der Waals surface area contributed by atoms with Crippen molar-refractivity contribution in [3.8, 4) is 0 Å². The highest BCUT2D eigenvalue weighted by atomic mass is 16.8. The van der Waals surface area contributed by atoms with E-state index >= 15 is 0 Å². The quantitative estimate of drug-likeness (QED) is 0.513. The van der Waals surface area contributed by atoms with E-state index in [4.69, 9.17) is 9.47 Å². The van der Waals surface area contributed by atoms with Gasteiger partial charge in [-0.2, -0.15) is 0 Å². The Morgan fingerprint density at radius 1 is 1.00 bits per heavy atom. The molecule has 6 fully saturated rings. The number of ether oxygens (including phenoxy) is 2. The molecule has 0 aromatic rings. The van der Waals surface area contributed by atoms with E-state index in [0.29, 0.717) is 30.0 Å². The lowest BCUT2D eigenvalue weighted by Crippen LogP contribution is -2.57. The molecule has 6 nitrogen and oxygen atoms in total. The van der Waals surface area contributed by atoms with Crippen LogP contribution in [0.15, 0.2) is 0 Å². The highest BCUT2D eigenvalue weighted by Gasteiger charge is 2.75. The minimum Gasteiger partial charge on any atom is -0.393 e. The minimum atomic E-state index is -1.67. The molecular weight excluding hydrogens is 444 g/mol. The molecule has 3 N–H and O–H groups in total. The van der Waals surface area contributed by atoms with Gasteiger partial charge in [-0.15, -0.1) is 0 Å². The summed E-state index contributed by atoms with van der Waals surface area (Å²) in [7, 11) is 0. The third-order valence-electron chi connectivity index (χ3n) is 12.8. The van der Waals surface area contributed by atoms with Crippen molar-refractivity contribution in [3.05, 3.63) is 0 Å². The second kappa shape index (κ2) is 7.31. The molecule has 2 heterocycles. The Bertz CT molecular complexity index is 917. The van der Waals surface area contributed by atoms with Gasteiger partial charge in [-0.05, 0) is 85.9 Å². The number of hydrogen-bond donors (Lipinski definition) is 3. The summed E-state index contributed by atoms with van der Waals surface area (Å²) < 4.78 is 13.0. The highest BCUT2D eigenvalue weighted by molar-refractivity contribution is 5.83. The van der Waals surface area contributed by atoms with E-state index in [9.17, 15) is 20.1 Å². The van der Waals surface area contributed by atoms with Crippen molar-refractivity contribution in [2.24, 2.45) is 52.3 Å².